The van der Waals surface area contributed by atoms with E-state index in [-0.39, 0.29) is 5.56 Å². The van der Waals surface area contributed by atoms with Gasteiger partial charge in [-0.15, -0.1) is 0 Å². The molecule has 1 aliphatic heterocycles. The minimum atomic E-state index is -1.41. The number of aliphatic hydroxyl groups is 3. The maximum atomic E-state index is 13.1. The Morgan fingerprint density at radius 1 is 1.12 bits per heavy atom. The number of hydrogen-bond donors (Lipinski definition) is 4. The molecule has 2 aromatic carbocycles. The minimum Gasteiger partial charge on any atom is -0.496 e. The normalized spacial score (nSPS) is 25.2. The van der Waals surface area contributed by atoms with Gasteiger partial charge in [-0.25, -0.2) is 0 Å². The fourth-order valence-electron chi connectivity index (χ4n) is 3.66. The summed E-state index contributed by atoms with van der Waals surface area (Å²) in [5, 5.41) is 32.6. The van der Waals surface area contributed by atoms with Gasteiger partial charge in [-0.1, -0.05) is 30.3 Å². The van der Waals surface area contributed by atoms with Crippen LogP contribution in [0.1, 0.15) is 21.5 Å². The Morgan fingerprint density at radius 2 is 1.84 bits per heavy atom. The smallest absolute Gasteiger partial charge is 0.255 e. The summed E-state index contributed by atoms with van der Waals surface area (Å²) in [5.41, 5.74) is 1.85. The molecule has 174 valence electrons. The molecule has 1 aliphatic rings. The predicted molar refractivity (Wildman–Crippen MR) is 115 cm³/mol. The molecule has 4 N–H and O–H groups in total. The topological polar surface area (TPSA) is 127 Å². The Hall–Kier alpha value is -2.69. The van der Waals surface area contributed by atoms with Gasteiger partial charge in [-0.3, -0.25) is 4.79 Å². The number of amides is 1. The molecule has 0 spiro atoms. The van der Waals surface area contributed by atoms with Gasteiger partial charge >= 0.3 is 0 Å². The van der Waals surface area contributed by atoms with Gasteiger partial charge in [0.25, 0.3) is 5.91 Å². The van der Waals surface area contributed by atoms with Gasteiger partial charge in [-0.2, -0.15) is 0 Å². The number of ether oxygens (including phenoxy) is 4. The van der Waals surface area contributed by atoms with Crippen molar-refractivity contribution in [2.24, 2.45) is 0 Å². The third-order valence-corrected chi connectivity index (χ3v) is 5.38. The van der Waals surface area contributed by atoms with Crippen LogP contribution in [0.15, 0.2) is 42.5 Å². The number of hydrogen-bond acceptors (Lipinski definition) is 8. The second-order valence-electron chi connectivity index (χ2n) is 7.53. The molecule has 0 aliphatic carbocycles. The lowest BCUT2D eigenvalue weighted by molar-refractivity contribution is -0.261. The van der Waals surface area contributed by atoms with Gasteiger partial charge < -0.3 is 39.6 Å². The predicted octanol–water partition coefficient (Wildman–Crippen LogP) is 0.766. The van der Waals surface area contributed by atoms with Crippen LogP contribution in [-0.2, 0) is 16.1 Å². The van der Waals surface area contributed by atoms with Crippen molar-refractivity contribution < 1.29 is 39.1 Å². The summed E-state index contributed by atoms with van der Waals surface area (Å²) in [7, 11) is 2.78. The highest BCUT2D eigenvalue weighted by Crippen LogP contribution is 2.30. The zero-order valence-corrected chi connectivity index (χ0v) is 18.2. The average Bonchev–Trinajstić information content (AvgIpc) is 2.81. The van der Waals surface area contributed by atoms with E-state index in [9.17, 15) is 20.1 Å². The molecule has 0 radical (unpaired) electrons. The molecule has 0 unspecified atom stereocenters. The highest BCUT2D eigenvalue weighted by molar-refractivity contribution is 5.99. The average molecular weight is 447 g/mol. The SMILES string of the molecule is COc1cc(OCc2ccccc2)cc(C)c1C(=O)N[C@H]1[C@H](OC)O[C@H](CO)[C@@H](O)[C@@H]1O. The summed E-state index contributed by atoms with van der Waals surface area (Å²) in [4.78, 5) is 13.1. The summed E-state index contributed by atoms with van der Waals surface area (Å²) in [6.07, 6.45) is -4.89. The van der Waals surface area contributed by atoms with E-state index >= 15 is 0 Å². The summed E-state index contributed by atoms with van der Waals surface area (Å²) < 4.78 is 21.9. The van der Waals surface area contributed by atoms with Gasteiger partial charge in [0.05, 0.1) is 19.3 Å². The molecule has 32 heavy (non-hydrogen) atoms. The lowest BCUT2D eigenvalue weighted by Gasteiger charge is -2.41. The van der Waals surface area contributed by atoms with Crippen LogP contribution in [0.4, 0.5) is 0 Å². The molecule has 0 bridgehead atoms. The lowest BCUT2D eigenvalue weighted by Crippen LogP contribution is -2.64. The van der Waals surface area contributed by atoms with E-state index in [4.69, 9.17) is 18.9 Å². The standard InChI is InChI=1S/C23H29NO8/c1-13-9-15(31-12-14-7-5-4-6-8-14)10-16(29-2)18(13)22(28)24-19-21(27)20(26)17(11-25)32-23(19)30-3/h4-10,17,19-21,23,25-27H,11-12H2,1-3H3,(H,24,28)/t17-,19-,20-,21-,23-/m1/s1. The highest BCUT2D eigenvalue weighted by Gasteiger charge is 2.45. The van der Waals surface area contributed by atoms with E-state index in [1.165, 1.54) is 14.2 Å². The largest absolute Gasteiger partial charge is 0.496 e. The highest BCUT2D eigenvalue weighted by atomic mass is 16.7. The molecular weight excluding hydrogens is 418 g/mol. The first-order valence-corrected chi connectivity index (χ1v) is 10.2. The van der Waals surface area contributed by atoms with Crippen LogP contribution in [0.25, 0.3) is 0 Å². The van der Waals surface area contributed by atoms with Crippen molar-refractivity contribution in [1.82, 2.24) is 5.32 Å². The van der Waals surface area contributed by atoms with Crippen LogP contribution >= 0.6 is 0 Å². The summed E-state index contributed by atoms with van der Waals surface area (Å²) in [6.45, 7) is 1.60. The quantitative estimate of drug-likeness (QED) is 0.467. The summed E-state index contributed by atoms with van der Waals surface area (Å²) >= 11 is 0. The maximum absolute atomic E-state index is 13.1. The van der Waals surface area contributed by atoms with Crippen molar-refractivity contribution >= 4 is 5.91 Å². The Bertz CT molecular complexity index is 904. The Morgan fingerprint density at radius 3 is 2.47 bits per heavy atom. The van der Waals surface area contributed by atoms with E-state index < -0.39 is 43.2 Å². The number of rotatable bonds is 8. The zero-order chi connectivity index (χ0) is 23.3. The van der Waals surface area contributed by atoms with Gasteiger partial charge in [0, 0.05) is 13.2 Å². The molecule has 1 fully saturated rings. The van der Waals surface area contributed by atoms with Crippen LogP contribution < -0.4 is 14.8 Å². The minimum absolute atomic E-state index is 0.250. The van der Waals surface area contributed by atoms with Crippen molar-refractivity contribution in [3.8, 4) is 11.5 Å². The van der Waals surface area contributed by atoms with Crippen molar-refractivity contribution in [3.63, 3.8) is 0 Å². The molecule has 2 aromatic rings. The second kappa shape index (κ2) is 10.8. The molecule has 1 saturated heterocycles. The zero-order valence-electron chi connectivity index (χ0n) is 18.2. The number of aryl methyl sites for hydroxylation is 1. The molecule has 0 saturated carbocycles. The molecule has 1 heterocycles. The van der Waals surface area contributed by atoms with Gasteiger partial charge in [-0.05, 0) is 24.1 Å². The molecule has 0 aromatic heterocycles. The lowest BCUT2D eigenvalue weighted by atomic mass is 9.96. The van der Waals surface area contributed by atoms with E-state index in [2.05, 4.69) is 5.32 Å². The van der Waals surface area contributed by atoms with Crippen LogP contribution in [0.5, 0.6) is 11.5 Å². The number of aliphatic hydroxyl groups excluding tert-OH is 3. The van der Waals surface area contributed by atoms with Crippen LogP contribution in [-0.4, -0.2) is 72.7 Å². The van der Waals surface area contributed by atoms with Gasteiger partial charge in [0.2, 0.25) is 0 Å². The monoisotopic (exact) mass is 447 g/mol. The fourth-order valence-corrected chi connectivity index (χ4v) is 3.66. The third kappa shape index (κ3) is 5.20. The van der Waals surface area contributed by atoms with Gasteiger partial charge in [0.15, 0.2) is 6.29 Å². The van der Waals surface area contributed by atoms with E-state index in [1.807, 2.05) is 30.3 Å². The molecule has 9 heteroatoms. The molecule has 9 nitrogen and oxygen atoms in total. The van der Waals surface area contributed by atoms with Gasteiger partial charge in [0.1, 0.15) is 42.5 Å². The number of carbonyl (C=O) groups excluding carboxylic acids is 1. The Kier molecular flexibility index (Phi) is 8.05. The Balaban J connectivity index is 1.78. The fraction of sp³-hybridized carbons (Fsp3) is 0.435. The Labute approximate surface area is 186 Å². The van der Waals surface area contributed by atoms with Crippen LogP contribution in [0.2, 0.25) is 0 Å². The maximum Gasteiger partial charge on any atom is 0.255 e. The van der Waals surface area contributed by atoms with E-state index in [0.29, 0.717) is 23.7 Å². The molecule has 5 atom stereocenters. The number of carbonyl (C=O) groups is 1. The van der Waals surface area contributed by atoms with Crippen LogP contribution in [0.3, 0.4) is 0 Å². The van der Waals surface area contributed by atoms with E-state index in [0.717, 1.165) is 5.56 Å². The number of nitrogens with one attached hydrogen (secondary N) is 1. The first-order valence-electron chi connectivity index (χ1n) is 10.2. The van der Waals surface area contributed by atoms with E-state index in [1.54, 1.807) is 19.1 Å². The number of benzene rings is 2. The molecular formula is C23H29NO8. The van der Waals surface area contributed by atoms with Crippen molar-refractivity contribution in [2.75, 3.05) is 20.8 Å². The van der Waals surface area contributed by atoms with Crippen molar-refractivity contribution in [2.45, 2.75) is 44.2 Å². The summed E-state index contributed by atoms with van der Waals surface area (Å²) in [6, 6.07) is 11.9. The number of methoxy groups -OCH3 is 2. The summed E-state index contributed by atoms with van der Waals surface area (Å²) in [5.74, 6) is 0.287. The molecule has 1 amide bonds. The van der Waals surface area contributed by atoms with Crippen molar-refractivity contribution in [1.29, 1.82) is 0 Å². The molecule has 3 rings (SSSR count). The second-order valence-corrected chi connectivity index (χ2v) is 7.53. The van der Waals surface area contributed by atoms with Crippen LogP contribution in [0, 0.1) is 6.92 Å². The first-order chi connectivity index (χ1) is 15.4. The third-order valence-electron chi connectivity index (χ3n) is 5.38. The van der Waals surface area contributed by atoms with Crippen molar-refractivity contribution in [3.05, 3.63) is 59.2 Å². The first kappa shape index (κ1) is 24.0.